The number of aromatic nitrogens is 2. The summed E-state index contributed by atoms with van der Waals surface area (Å²) in [5.74, 6) is 2.86. The molecule has 1 aliphatic heterocycles. The van der Waals surface area contributed by atoms with Crippen LogP contribution in [0.1, 0.15) is 0 Å². The van der Waals surface area contributed by atoms with Crippen LogP contribution in [0.5, 0.6) is 17.4 Å². The van der Waals surface area contributed by atoms with Crippen LogP contribution in [0.3, 0.4) is 0 Å². The molecule has 1 aromatic heterocycles. The lowest BCUT2D eigenvalue weighted by atomic mass is 10.3. The van der Waals surface area contributed by atoms with Crippen molar-refractivity contribution in [2.24, 2.45) is 0 Å². The van der Waals surface area contributed by atoms with Crippen molar-refractivity contribution in [3.8, 4) is 17.4 Å². The van der Waals surface area contributed by atoms with Crippen molar-refractivity contribution in [1.82, 2.24) is 15.3 Å². The summed E-state index contributed by atoms with van der Waals surface area (Å²) in [6, 6.07) is 7.49. The molecule has 0 spiro atoms. The van der Waals surface area contributed by atoms with Gasteiger partial charge in [-0.1, -0.05) is 6.07 Å². The van der Waals surface area contributed by atoms with E-state index in [1.165, 1.54) is 0 Å². The molecule has 128 valence electrons. The summed E-state index contributed by atoms with van der Waals surface area (Å²) in [6.07, 6.45) is 3.33. The zero-order chi connectivity index (χ0) is 16.6. The van der Waals surface area contributed by atoms with Crippen molar-refractivity contribution in [2.75, 3.05) is 51.4 Å². The molecule has 0 bridgehead atoms. The van der Waals surface area contributed by atoms with Gasteiger partial charge >= 0.3 is 0 Å². The van der Waals surface area contributed by atoms with Crippen LogP contribution >= 0.6 is 0 Å². The second kappa shape index (κ2) is 8.35. The Morgan fingerprint density at radius 2 is 1.79 bits per heavy atom. The molecule has 1 aromatic carbocycles. The molecule has 0 aliphatic carbocycles. The highest BCUT2D eigenvalue weighted by Crippen LogP contribution is 2.23. The van der Waals surface area contributed by atoms with E-state index in [0.29, 0.717) is 19.1 Å². The van der Waals surface area contributed by atoms with Crippen molar-refractivity contribution in [3.05, 3.63) is 36.7 Å². The number of methoxy groups -OCH3 is 1. The molecule has 7 nitrogen and oxygen atoms in total. The summed E-state index contributed by atoms with van der Waals surface area (Å²) in [4.78, 5) is 10.9. The minimum Gasteiger partial charge on any atom is -0.497 e. The summed E-state index contributed by atoms with van der Waals surface area (Å²) in [7, 11) is 1.63. The Balaban J connectivity index is 1.53. The van der Waals surface area contributed by atoms with E-state index in [0.717, 1.165) is 43.5 Å². The van der Waals surface area contributed by atoms with Gasteiger partial charge in [0.05, 0.1) is 7.11 Å². The van der Waals surface area contributed by atoms with Crippen LogP contribution in [-0.4, -0.2) is 56.5 Å². The van der Waals surface area contributed by atoms with E-state index in [2.05, 4.69) is 20.2 Å². The lowest BCUT2D eigenvalue weighted by Crippen LogP contribution is -2.44. The molecular formula is C17H22N4O3. The number of nitrogens with zero attached hydrogens (tertiary/aromatic N) is 3. The number of anilines is 1. The zero-order valence-corrected chi connectivity index (χ0v) is 13.8. The number of hydrogen-bond acceptors (Lipinski definition) is 7. The molecule has 2 aromatic rings. The van der Waals surface area contributed by atoms with E-state index < -0.39 is 0 Å². The van der Waals surface area contributed by atoms with Crippen molar-refractivity contribution >= 4 is 5.82 Å². The molecule has 0 saturated carbocycles. The van der Waals surface area contributed by atoms with Crippen LogP contribution in [0.15, 0.2) is 36.7 Å². The van der Waals surface area contributed by atoms with Gasteiger partial charge in [-0.15, -0.1) is 0 Å². The third kappa shape index (κ3) is 4.26. The molecule has 0 radical (unpaired) electrons. The van der Waals surface area contributed by atoms with E-state index in [9.17, 15) is 0 Å². The molecule has 0 unspecified atom stereocenters. The first-order valence-corrected chi connectivity index (χ1v) is 8.03. The smallest absolute Gasteiger partial charge is 0.257 e. The molecule has 1 saturated heterocycles. The number of nitrogens with one attached hydrogen (secondary N) is 1. The average molecular weight is 330 g/mol. The van der Waals surface area contributed by atoms with Gasteiger partial charge in [0.2, 0.25) is 0 Å². The molecule has 1 N–H and O–H groups in total. The van der Waals surface area contributed by atoms with E-state index in [1.807, 2.05) is 24.3 Å². The first-order valence-electron chi connectivity index (χ1n) is 8.03. The maximum atomic E-state index is 5.78. The predicted molar refractivity (Wildman–Crippen MR) is 91.1 cm³/mol. The molecule has 0 amide bonds. The maximum absolute atomic E-state index is 5.78. The summed E-state index contributed by atoms with van der Waals surface area (Å²) in [6.45, 7) is 4.49. The lowest BCUT2D eigenvalue weighted by molar-refractivity contribution is 0.211. The quantitative estimate of drug-likeness (QED) is 0.769. The SMILES string of the molecule is COc1cccc(OCCOc2nccnc2N2CCNCC2)c1. The first-order chi connectivity index (χ1) is 11.9. The highest BCUT2D eigenvalue weighted by atomic mass is 16.5. The largest absolute Gasteiger partial charge is 0.497 e. The van der Waals surface area contributed by atoms with Gasteiger partial charge in [-0.2, -0.15) is 0 Å². The van der Waals surface area contributed by atoms with Crippen molar-refractivity contribution in [1.29, 1.82) is 0 Å². The standard InChI is InChI=1S/C17H22N4O3/c1-22-14-3-2-4-15(13-14)23-11-12-24-17-16(19-5-6-20-17)21-9-7-18-8-10-21/h2-6,13,18H,7-12H2,1H3. The highest BCUT2D eigenvalue weighted by molar-refractivity contribution is 5.48. The minimum atomic E-state index is 0.398. The highest BCUT2D eigenvalue weighted by Gasteiger charge is 2.17. The van der Waals surface area contributed by atoms with Crippen LogP contribution in [0.2, 0.25) is 0 Å². The molecule has 1 aliphatic rings. The molecule has 3 rings (SSSR count). The molecular weight excluding hydrogens is 308 g/mol. The van der Waals surface area contributed by atoms with Gasteiger partial charge in [0.1, 0.15) is 24.7 Å². The van der Waals surface area contributed by atoms with Crippen LogP contribution in [0.4, 0.5) is 5.82 Å². The van der Waals surface area contributed by atoms with Gasteiger partial charge < -0.3 is 24.4 Å². The lowest BCUT2D eigenvalue weighted by Gasteiger charge is -2.28. The van der Waals surface area contributed by atoms with Gasteiger partial charge in [0.15, 0.2) is 5.82 Å². The molecule has 0 atom stereocenters. The number of hydrogen-bond donors (Lipinski definition) is 1. The van der Waals surface area contributed by atoms with Gasteiger partial charge in [0, 0.05) is 44.6 Å². The third-order valence-corrected chi connectivity index (χ3v) is 3.70. The van der Waals surface area contributed by atoms with Gasteiger partial charge in [-0.3, -0.25) is 0 Å². The Kier molecular flexibility index (Phi) is 5.68. The second-order valence-corrected chi connectivity index (χ2v) is 5.30. The molecule has 2 heterocycles. The summed E-state index contributed by atoms with van der Waals surface area (Å²) < 4.78 is 16.6. The Bertz CT molecular complexity index is 647. The Morgan fingerprint density at radius 1 is 1.04 bits per heavy atom. The Morgan fingerprint density at radius 3 is 2.62 bits per heavy atom. The van der Waals surface area contributed by atoms with Crippen LogP contribution in [0, 0.1) is 0 Å². The minimum absolute atomic E-state index is 0.398. The fraction of sp³-hybridized carbons (Fsp3) is 0.412. The number of piperazine rings is 1. The first kappa shape index (κ1) is 16.3. The summed E-state index contributed by atoms with van der Waals surface area (Å²) in [5, 5.41) is 3.32. The van der Waals surface area contributed by atoms with Gasteiger partial charge in [-0.25, -0.2) is 9.97 Å². The molecule has 1 fully saturated rings. The number of ether oxygens (including phenoxy) is 3. The topological polar surface area (TPSA) is 68.7 Å². The maximum Gasteiger partial charge on any atom is 0.257 e. The van der Waals surface area contributed by atoms with Gasteiger partial charge in [0.25, 0.3) is 5.88 Å². The van der Waals surface area contributed by atoms with Crippen LogP contribution < -0.4 is 24.4 Å². The fourth-order valence-electron chi connectivity index (χ4n) is 2.50. The van der Waals surface area contributed by atoms with E-state index >= 15 is 0 Å². The summed E-state index contributed by atoms with van der Waals surface area (Å²) in [5.41, 5.74) is 0. The molecule has 24 heavy (non-hydrogen) atoms. The summed E-state index contributed by atoms with van der Waals surface area (Å²) >= 11 is 0. The third-order valence-electron chi connectivity index (χ3n) is 3.70. The normalized spacial score (nSPS) is 14.3. The molecule has 7 heteroatoms. The monoisotopic (exact) mass is 330 g/mol. The number of rotatable bonds is 7. The van der Waals surface area contributed by atoms with Crippen LogP contribution in [-0.2, 0) is 0 Å². The van der Waals surface area contributed by atoms with Gasteiger partial charge in [-0.05, 0) is 12.1 Å². The van der Waals surface area contributed by atoms with Crippen molar-refractivity contribution in [2.45, 2.75) is 0 Å². The van der Waals surface area contributed by atoms with E-state index in [1.54, 1.807) is 19.5 Å². The zero-order valence-electron chi connectivity index (χ0n) is 13.8. The van der Waals surface area contributed by atoms with Crippen molar-refractivity contribution < 1.29 is 14.2 Å². The predicted octanol–water partition coefficient (Wildman–Crippen LogP) is 1.35. The number of benzene rings is 1. The Hall–Kier alpha value is -2.54. The average Bonchev–Trinajstić information content (AvgIpc) is 2.66. The second-order valence-electron chi connectivity index (χ2n) is 5.30. The van der Waals surface area contributed by atoms with E-state index in [-0.39, 0.29) is 0 Å². The fourth-order valence-corrected chi connectivity index (χ4v) is 2.50. The van der Waals surface area contributed by atoms with Crippen molar-refractivity contribution in [3.63, 3.8) is 0 Å². The Labute approximate surface area is 141 Å². The van der Waals surface area contributed by atoms with E-state index in [4.69, 9.17) is 14.2 Å². The van der Waals surface area contributed by atoms with Crippen LogP contribution in [0.25, 0.3) is 0 Å².